The molecule has 4 nitrogen and oxygen atoms in total. The second-order valence-corrected chi connectivity index (χ2v) is 4.87. The van der Waals surface area contributed by atoms with Gasteiger partial charge in [0.25, 0.3) is 0 Å². The summed E-state index contributed by atoms with van der Waals surface area (Å²) in [5.74, 6) is 1.09. The highest BCUT2D eigenvalue weighted by Crippen LogP contribution is 2.13. The standard InChI is InChI=1S/C14H27N3O/c1-5-7-15-13(11-18-12(3)4)14-16-8-10-17(14)9-6-2/h8,10,12-13,15H,5-7,9,11H2,1-4H3. The minimum Gasteiger partial charge on any atom is -0.377 e. The van der Waals surface area contributed by atoms with Gasteiger partial charge >= 0.3 is 0 Å². The Morgan fingerprint density at radius 2 is 2.11 bits per heavy atom. The summed E-state index contributed by atoms with van der Waals surface area (Å²) in [6.45, 7) is 11.2. The molecular formula is C14H27N3O. The molecule has 4 heteroatoms. The highest BCUT2D eigenvalue weighted by atomic mass is 16.5. The van der Waals surface area contributed by atoms with Crippen LogP contribution in [-0.4, -0.2) is 28.8 Å². The van der Waals surface area contributed by atoms with Crippen molar-refractivity contribution in [3.8, 4) is 0 Å². The molecule has 0 saturated heterocycles. The van der Waals surface area contributed by atoms with Crippen molar-refractivity contribution in [3.63, 3.8) is 0 Å². The Bertz CT molecular complexity index is 323. The molecule has 1 rings (SSSR count). The molecule has 0 spiro atoms. The van der Waals surface area contributed by atoms with E-state index in [9.17, 15) is 0 Å². The van der Waals surface area contributed by atoms with Gasteiger partial charge in [0.2, 0.25) is 0 Å². The summed E-state index contributed by atoms with van der Waals surface area (Å²) in [5.41, 5.74) is 0. The fourth-order valence-electron chi connectivity index (χ4n) is 1.89. The molecule has 0 aliphatic rings. The number of ether oxygens (including phenoxy) is 1. The summed E-state index contributed by atoms with van der Waals surface area (Å²) in [4.78, 5) is 4.49. The summed E-state index contributed by atoms with van der Waals surface area (Å²) in [5, 5.41) is 3.52. The van der Waals surface area contributed by atoms with Crippen molar-refractivity contribution in [2.45, 2.75) is 59.2 Å². The first kappa shape index (κ1) is 15.2. The minimum atomic E-state index is 0.189. The van der Waals surface area contributed by atoms with Gasteiger partial charge in [0, 0.05) is 18.9 Å². The SMILES string of the molecule is CCCNC(COC(C)C)c1nccn1CCC. The van der Waals surface area contributed by atoms with Crippen LogP contribution in [-0.2, 0) is 11.3 Å². The first-order valence-electron chi connectivity index (χ1n) is 7.05. The fourth-order valence-corrected chi connectivity index (χ4v) is 1.89. The van der Waals surface area contributed by atoms with E-state index in [0.717, 1.165) is 31.8 Å². The maximum Gasteiger partial charge on any atom is 0.128 e. The first-order valence-corrected chi connectivity index (χ1v) is 7.05. The molecule has 0 aromatic carbocycles. The van der Waals surface area contributed by atoms with Crippen molar-refractivity contribution >= 4 is 0 Å². The van der Waals surface area contributed by atoms with E-state index in [1.807, 2.05) is 6.20 Å². The van der Waals surface area contributed by atoms with E-state index in [2.05, 4.69) is 48.8 Å². The van der Waals surface area contributed by atoms with Gasteiger partial charge in [-0.1, -0.05) is 13.8 Å². The van der Waals surface area contributed by atoms with Crippen molar-refractivity contribution in [2.24, 2.45) is 0 Å². The van der Waals surface area contributed by atoms with Crippen molar-refractivity contribution in [1.29, 1.82) is 0 Å². The molecule has 0 bridgehead atoms. The lowest BCUT2D eigenvalue weighted by Gasteiger charge is -2.20. The van der Waals surface area contributed by atoms with Crippen molar-refractivity contribution < 1.29 is 4.74 Å². The number of nitrogens with zero attached hydrogens (tertiary/aromatic N) is 2. The van der Waals surface area contributed by atoms with Crippen LogP contribution >= 0.6 is 0 Å². The van der Waals surface area contributed by atoms with Gasteiger partial charge in [0.15, 0.2) is 0 Å². The molecule has 104 valence electrons. The number of aromatic nitrogens is 2. The molecule has 0 aliphatic carbocycles. The van der Waals surface area contributed by atoms with Gasteiger partial charge < -0.3 is 14.6 Å². The summed E-state index contributed by atoms with van der Waals surface area (Å²) in [6, 6.07) is 0.189. The quantitative estimate of drug-likeness (QED) is 0.735. The third-order valence-corrected chi connectivity index (χ3v) is 2.76. The Labute approximate surface area is 111 Å². The number of rotatable bonds is 9. The third-order valence-electron chi connectivity index (χ3n) is 2.76. The second kappa shape index (κ2) is 8.27. The Hall–Kier alpha value is -0.870. The summed E-state index contributed by atoms with van der Waals surface area (Å²) >= 11 is 0. The molecule has 1 aromatic rings. The topological polar surface area (TPSA) is 39.1 Å². The van der Waals surface area contributed by atoms with Crippen molar-refractivity contribution in [3.05, 3.63) is 18.2 Å². The Balaban J connectivity index is 2.69. The van der Waals surface area contributed by atoms with Crippen LogP contribution in [0.15, 0.2) is 12.4 Å². The van der Waals surface area contributed by atoms with Crippen molar-refractivity contribution in [1.82, 2.24) is 14.9 Å². The van der Waals surface area contributed by atoms with E-state index in [4.69, 9.17) is 4.74 Å². The first-order chi connectivity index (χ1) is 8.69. The van der Waals surface area contributed by atoms with Gasteiger partial charge in [0.1, 0.15) is 5.82 Å². The molecule has 1 unspecified atom stereocenters. The number of imidazole rings is 1. The van der Waals surface area contributed by atoms with Crippen LogP contribution in [0.2, 0.25) is 0 Å². The largest absolute Gasteiger partial charge is 0.377 e. The lowest BCUT2D eigenvalue weighted by Crippen LogP contribution is -2.30. The lowest BCUT2D eigenvalue weighted by atomic mass is 10.2. The Kier molecular flexibility index (Phi) is 6.98. The lowest BCUT2D eigenvalue weighted by molar-refractivity contribution is 0.0587. The van der Waals surface area contributed by atoms with Crippen LogP contribution in [0, 0.1) is 0 Å². The van der Waals surface area contributed by atoms with E-state index in [1.165, 1.54) is 0 Å². The van der Waals surface area contributed by atoms with E-state index in [0.29, 0.717) is 6.61 Å². The second-order valence-electron chi connectivity index (χ2n) is 4.87. The molecule has 18 heavy (non-hydrogen) atoms. The zero-order valence-corrected chi connectivity index (χ0v) is 12.1. The molecule has 0 aliphatic heterocycles. The van der Waals surface area contributed by atoms with Gasteiger partial charge in [-0.3, -0.25) is 0 Å². The molecule has 0 amide bonds. The van der Waals surface area contributed by atoms with Crippen LogP contribution in [0.1, 0.15) is 52.4 Å². The molecule has 0 saturated carbocycles. The van der Waals surface area contributed by atoms with Crippen LogP contribution < -0.4 is 5.32 Å². The molecule has 1 aromatic heterocycles. The molecule has 1 N–H and O–H groups in total. The zero-order valence-electron chi connectivity index (χ0n) is 12.1. The van der Waals surface area contributed by atoms with Gasteiger partial charge in [-0.05, 0) is 33.2 Å². The highest BCUT2D eigenvalue weighted by molar-refractivity contribution is 4.99. The zero-order chi connectivity index (χ0) is 13.4. The van der Waals surface area contributed by atoms with Crippen LogP contribution in [0.3, 0.4) is 0 Å². The molecule has 0 fully saturated rings. The summed E-state index contributed by atoms with van der Waals surface area (Å²) in [6.07, 6.45) is 6.42. The number of hydrogen-bond acceptors (Lipinski definition) is 3. The smallest absolute Gasteiger partial charge is 0.128 e. The third kappa shape index (κ3) is 4.78. The average Bonchev–Trinajstić information content (AvgIpc) is 2.78. The van der Waals surface area contributed by atoms with Crippen LogP contribution in [0.5, 0.6) is 0 Å². The predicted molar refractivity (Wildman–Crippen MR) is 74.6 cm³/mol. The fraction of sp³-hybridized carbons (Fsp3) is 0.786. The van der Waals surface area contributed by atoms with Gasteiger partial charge in [-0.15, -0.1) is 0 Å². The highest BCUT2D eigenvalue weighted by Gasteiger charge is 2.16. The van der Waals surface area contributed by atoms with Gasteiger partial charge in [-0.2, -0.15) is 0 Å². The summed E-state index contributed by atoms with van der Waals surface area (Å²) in [7, 11) is 0. The number of nitrogens with one attached hydrogen (secondary N) is 1. The van der Waals surface area contributed by atoms with Gasteiger partial charge in [0.05, 0.1) is 18.8 Å². The van der Waals surface area contributed by atoms with E-state index >= 15 is 0 Å². The molecule has 1 atom stereocenters. The van der Waals surface area contributed by atoms with Crippen LogP contribution in [0.4, 0.5) is 0 Å². The molecule has 0 radical (unpaired) electrons. The predicted octanol–water partition coefficient (Wildman–Crippen LogP) is 2.76. The Morgan fingerprint density at radius 3 is 2.72 bits per heavy atom. The number of aryl methyl sites for hydroxylation is 1. The van der Waals surface area contributed by atoms with Gasteiger partial charge in [-0.25, -0.2) is 4.98 Å². The van der Waals surface area contributed by atoms with E-state index < -0.39 is 0 Å². The average molecular weight is 253 g/mol. The molecule has 1 heterocycles. The number of hydrogen-bond donors (Lipinski definition) is 1. The normalized spacial score (nSPS) is 13.2. The van der Waals surface area contributed by atoms with Crippen molar-refractivity contribution in [2.75, 3.05) is 13.2 Å². The minimum absolute atomic E-state index is 0.189. The van der Waals surface area contributed by atoms with E-state index in [-0.39, 0.29) is 12.1 Å². The molecular weight excluding hydrogens is 226 g/mol. The van der Waals surface area contributed by atoms with E-state index in [1.54, 1.807) is 0 Å². The Morgan fingerprint density at radius 1 is 1.33 bits per heavy atom. The monoisotopic (exact) mass is 253 g/mol. The maximum absolute atomic E-state index is 5.74. The summed E-state index contributed by atoms with van der Waals surface area (Å²) < 4.78 is 7.96. The maximum atomic E-state index is 5.74. The van der Waals surface area contributed by atoms with Crippen LogP contribution in [0.25, 0.3) is 0 Å².